The first-order valence-electron chi connectivity index (χ1n) is 9.49. The largest absolute Gasteiger partial charge is 0.419 e. The Hall–Kier alpha value is -2.21. The molecule has 0 N–H and O–H groups in total. The van der Waals surface area contributed by atoms with Crippen molar-refractivity contribution in [1.29, 1.82) is 0 Å². The molecule has 2 aliphatic rings. The normalized spacial score (nSPS) is 24.1. The van der Waals surface area contributed by atoms with Crippen LogP contribution in [0.15, 0.2) is 34.7 Å². The summed E-state index contributed by atoms with van der Waals surface area (Å²) < 4.78 is 5.83. The summed E-state index contributed by atoms with van der Waals surface area (Å²) in [5.74, 6) is 1.50. The molecule has 1 aromatic carbocycles. The zero-order valence-electron chi connectivity index (χ0n) is 15.5. The van der Waals surface area contributed by atoms with Gasteiger partial charge < -0.3 is 9.32 Å². The van der Waals surface area contributed by atoms with Gasteiger partial charge in [-0.3, -0.25) is 9.69 Å². The molecule has 2 aromatic rings. The molecule has 2 aliphatic heterocycles. The van der Waals surface area contributed by atoms with Crippen molar-refractivity contribution < 1.29 is 9.21 Å². The SMILES string of the molecule is CC(C)N1CCC[C@]2(CCN(Cc3nnc(-c4ccccc4)o3)C2)C1=O. The minimum absolute atomic E-state index is 0.217. The third-order valence-corrected chi connectivity index (χ3v) is 5.67. The highest BCUT2D eigenvalue weighted by Crippen LogP contribution is 2.41. The third kappa shape index (κ3) is 3.14. The second-order valence-electron chi connectivity index (χ2n) is 7.80. The van der Waals surface area contributed by atoms with E-state index in [4.69, 9.17) is 4.42 Å². The number of piperidine rings is 1. The highest BCUT2D eigenvalue weighted by atomic mass is 16.4. The molecule has 1 amide bonds. The highest BCUT2D eigenvalue weighted by Gasteiger charge is 2.48. The van der Waals surface area contributed by atoms with Crippen molar-refractivity contribution >= 4 is 5.91 Å². The summed E-state index contributed by atoms with van der Waals surface area (Å²) in [6.45, 7) is 7.40. The molecule has 6 nitrogen and oxygen atoms in total. The number of amides is 1. The lowest BCUT2D eigenvalue weighted by molar-refractivity contribution is -0.147. The number of nitrogens with zero attached hydrogens (tertiary/aromatic N) is 4. The molecule has 0 bridgehead atoms. The van der Waals surface area contributed by atoms with Gasteiger partial charge in [0.05, 0.1) is 12.0 Å². The van der Waals surface area contributed by atoms with Gasteiger partial charge in [-0.15, -0.1) is 10.2 Å². The Labute approximate surface area is 154 Å². The van der Waals surface area contributed by atoms with Crippen molar-refractivity contribution in [3.8, 4) is 11.5 Å². The van der Waals surface area contributed by atoms with Crippen LogP contribution in [0.4, 0.5) is 0 Å². The summed E-state index contributed by atoms with van der Waals surface area (Å²) >= 11 is 0. The first-order chi connectivity index (χ1) is 12.6. The molecule has 0 unspecified atom stereocenters. The molecule has 0 saturated carbocycles. The number of carbonyl (C=O) groups excluding carboxylic acids is 1. The number of rotatable bonds is 4. The lowest BCUT2D eigenvalue weighted by atomic mass is 9.78. The maximum Gasteiger partial charge on any atom is 0.247 e. The summed E-state index contributed by atoms with van der Waals surface area (Å²) in [7, 11) is 0. The minimum atomic E-state index is -0.217. The maximum absolute atomic E-state index is 13.0. The van der Waals surface area contributed by atoms with Crippen LogP contribution < -0.4 is 0 Å². The zero-order chi connectivity index (χ0) is 18.1. The minimum Gasteiger partial charge on any atom is -0.419 e. The number of likely N-dealkylation sites (tertiary alicyclic amines) is 2. The van der Waals surface area contributed by atoms with E-state index < -0.39 is 0 Å². The summed E-state index contributed by atoms with van der Waals surface area (Å²) in [5, 5.41) is 8.36. The van der Waals surface area contributed by atoms with Crippen LogP contribution in [0.25, 0.3) is 11.5 Å². The van der Waals surface area contributed by atoms with Crippen molar-refractivity contribution in [3.63, 3.8) is 0 Å². The number of benzene rings is 1. The summed E-state index contributed by atoms with van der Waals surface area (Å²) in [6, 6.07) is 10.1. The van der Waals surface area contributed by atoms with Crippen LogP contribution in [0.2, 0.25) is 0 Å². The van der Waals surface area contributed by atoms with Crippen molar-refractivity contribution in [2.45, 2.75) is 45.7 Å². The fourth-order valence-electron chi connectivity index (χ4n) is 4.27. The monoisotopic (exact) mass is 354 g/mol. The van der Waals surface area contributed by atoms with Crippen LogP contribution in [0.5, 0.6) is 0 Å². The van der Waals surface area contributed by atoms with E-state index in [2.05, 4.69) is 28.9 Å². The second-order valence-corrected chi connectivity index (χ2v) is 7.80. The van der Waals surface area contributed by atoms with Crippen LogP contribution in [0.1, 0.15) is 39.0 Å². The van der Waals surface area contributed by atoms with E-state index in [9.17, 15) is 4.79 Å². The Morgan fingerprint density at radius 1 is 1.15 bits per heavy atom. The van der Waals surface area contributed by atoms with Crippen LogP contribution in [-0.2, 0) is 11.3 Å². The van der Waals surface area contributed by atoms with E-state index in [-0.39, 0.29) is 11.5 Å². The second kappa shape index (κ2) is 6.83. The lowest BCUT2D eigenvalue weighted by Gasteiger charge is -2.41. The molecule has 3 heterocycles. The molecule has 4 rings (SSSR count). The average Bonchev–Trinajstić information content (AvgIpc) is 3.26. The summed E-state index contributed by atoms with van der Waals surface area (Å²) in [6.07, 6.45) is 3.01. The van der Waals surface area contributed by atoms with E-state index in [0.29, 0.717) is 24.2 Å². The van der Waals surface area contributed by atoms with Crippen molar-refractivity contribution in [1.82, 2.24) is 20.0 Å². The number of carbonyl (C=O) groups is 1. The molecule has 0 radical (unpaired) electrons. The molecule has 2 saturated heterocycles. The van der Waals surface area contributed by atoms with Crippen LogP contribution in [0, 0.1) is 5.41 Å². The van der Waals surface area contributed by atoms with E-state index in [1.165, 1.54) is 0 Å². The van der Waals surface area contributed by atoms with Crippen LogP contribution in [0.3, 0.4) is 0 Å². The zero-order valence-corrected chi connectivity index (χ0v) is 15.5. The smallest absolute Gasteiger partial charge is 0.247 e. The fourth-order valence-corrected chi connectivity index (χ4v) is 4.27. The van der Waals surface area contributed by atoms with Gasteiger partial charge >= 0.3 is 0 Å². The van der Waals surface area contributed by atoms with Crippen molar-refractivity contribution in [3.05, 3.63) is 36.2 Å². The fraction of sp³-hybridized carbons (Fsp3) is 0.550. The molecule has 1 atom stereocenters. The number of hydrogen-bond donors (Lipinski definition) is 0. The van der Waals surface area contributed by atoms with E-state index in [0.717, 1.165) is 44.5 Å². The van der Waals surface area contributed by atoms with E-state index >= 15 is 0 Å². The topological polar surface area (TPSA) is 62.5 Å². The number of hydrogen-bond acceptors (Lipinski definition) is 5. The molecule has 6 heteroatoms. The molecule has 138 valence electrons. The van der Waals surface area contributed by atoms with Gasteiger partial charge in [-0.25, -0.2) is 0 Å². The van der Waals surface area contributed by atoms with Gasteiger partial charge in [-0.2, -0.15) is 0 Å². The van der Waals surface area contributed by atoms with Crippen LogP contribution >= 0.6 is 0 Å². The van der Waals surface area contributed by atoms with E-state index in [1.54, 1.807) is 0 Å². The van der Waals surface area contributed by atoms with Gasteiger partial charge in [-0.1, -0.05) is 18.2 Å². The highest BCUT2D eigenvalue weighted by molar-refractivity contribution is 5.84. The van der Waals surface area contributed by atoms with Crippen LogP contribution in [-0.4, -0.2) is 51.6 Å². The lowest BCUT2D eigenvalue weighted by Crippen LogP contribution is -2.52. The predicted molar refractivity (Wildman–Crippen MR) is 98.1 cm³/mol. The van der Waals surface area contributed by atoms with Gasteiger partial charge in [0.2, 0.25) is 17.7 Å². The molecule has 0 aliphatic carbocycles. The van der Waals surface area contributed by atoms with Gasteiger partial charge in [0.15, 0.2) is 0 Å². The number of aromatic nitrogens is 2. The Morgan fingerprint density at radius 3 is 2.73 bits per heavy atom. The van der Waals surface area contributed by atoms with E-state index in [1.807, 2.05) is 35.2 Å². The standard InChI is InChI=1S/C20H26N4O2/c1-15(2)24-11-6-9-20(19(24)25)10-12-23(14-20)13-17-21-22-18(26-17)16-7-4-3-5-8-16/h3-5,7-8,15H,6,9-14H2,1-2H3/t20-/m1/s1. The molecule has 26 heavy (non-hydrogen) atoms. The summed E-state index contributed by atoms with van der Waals surface area (Å²) in [4.78, 5) is 17.4. The van der Waals surface area contributed by atoms with Gasteiger partial charge in [0, 0.05) is 24.7 Å². The van der Waals surface area contributed by atoms with Crippen molar-refractivity contribution in [2.24, 2.45) is 5.41 Å². The van der Waals surface area contributed by atoms with Crippen molar-refractivity contribution in [2.75, 3.05) is 19.6 Å². The predicted octanol–water partition coefficient (Wildman–Crippen LogP) is 2.96. The molecular formula is C20H26N4O2. The average molecular weight is 354 g/mol. The van der Waals surface area contributed by atoms with Gasteiger partial charge in [0.1, 0.15) is 0 Å². The molecule has 1 aromatic heterocycles. The first kappa shape index (κ1) is 17.2. The Morgan fingerprint density at radius 2 is 1.96 bits per heavy atom. The molecular weight excluding hydrogens is 328 g/mol. The quantitative estimate of drug-likeness (QED) is 0.845. The third-order valence-electron chi connectivity index (χ3n) is 5.67. The maximum atomic E-state index is 13.0. The summed E-state index contributed by atoms with van der Waals surface area (Å²) in [5.41, 5.74) is 0.712. The Kier molecular flexibility index (Phi) is 4.53. The molecule has 2 fully saturated rings. The molecule has 1 spiro atoms. The Balaban J connectivity index is 1.43. The Bertz CT molecular complexity index is 773. The first-order valence-corrected chi connectivity index (χ1v) is 9.49. The van der Waals surface area contributed by atoms with Gasteiger partial charge in [-0.05, 0) is 51.8 Å². The van der Waals surface area contributed by atoms with Gasteiger partial charge in [0.25, 0.3) is 0 Å².